The molecule has 3 rings (SSSR count). The monoisotopic (exact) mass is 475 g/mol. The molecule has 3 aromatic carbocycles. The third-order valence-electron chi connectivity index (χ3n) is 5.17. The normalized spacial score (nSPS) is 11.2. The first-order valence-corrected chi connectivity index (χ1v) is 11.4. The standard InChI is InChI=1S/C28H29NO6/c1-29(20-26(30)33-18-17-22-11-5-2-6-12-22)28(32)35-25(19-23-13-7-3-8-14-23)27(31)34-21-24-15-9-4-10-16-24/h2-16,25H,17-21H2,1H3/t25-/m0/s1. The van der Waals surface area contributed by atoms with Crippen molar-refractivity contribution in [1.29, 1.82) is 0 Å². The molecule has 0 aliphatic rings. The summed E-state index contributed by atoms with van der Waals surface area (Å²) in [5, 5.41) is 0. The van der Waals surface area contributed by atoms with Crippen molar-refractivity contribution in [2.45, 2.75) is 25.6 Å². The van der Waals surface area contributed by atoms with Gasteiger partial charge in [-0.2, -0.15) is 0 Å². The first kappa shape index (κ1) is 25.5. The maximum atomic E-state index is 12.8. The van der Waals surface area contributed by atoms with Gasteiger partial charge in [0.05, 0.1) is 6.61 Å². The fraction of sp³-hybridized carbons (Fsp3) is 0.250. The second-order valence-electron chi connectivity index (χ2n) is 7.97. The summed E-state index contributed by atoms with van der Waals surface area (Å²) in [6.07, 6.45) is -1.25. The number of likely N-dealkylation sites (N-methyl/N-ethyl adjacent to an activating group) is 1. The minimum Gasteiger partial charge on any atom is -0.464 e. The van der Waals surface area contributed by atoms with Crippen LogP contribution < -0.4 is 0 Å². The van der Waals surface area contributed by atoms with Crippen LogP contribution in [0.4, 0.5) is 4.79 Å². The first-order chi connectivity index (χ1) is 17.0. The number of hydrogen-bond acceptors (Lipinski definition) is 6. The van der Waals surface area contributed by atoms with Gasteiger partial charge in [-0.15, -0.1) is 0 Å². The van der Waals surface area contributed by atoms with E-state index in [0.29, 0.717) is 6.42 Å². The van der Waals surface area contributed by atoms with E-state index in [-0.39, 0.29) is 26.2 Å². The largest absolute Gasteiger partial charge is 0.464 e. The Kier molecular flexibility index (Phi) is 9.87. The Balaban J connectivity index is 1.52. The van der Waals surface area contributed by atoms with Crippen LogP contribution in [-0.4, -0.2) is 49.2 Å². The van der Waals surface area contributed by atoms with Gasteiger partial charge in [-0.25, -0.2) is 9.59 Å². The van der Waals surface area contributed by atoms with E-state index in [4.69, 9.17) is 14.2 Å². The maximum Gasteiger partial charge on any atom is 0.410 e. The van der Waals surface area contributed by atoms with Crippen LogP contribution in [-0.2, 0) is 43.2 Å². The summed E-state index contributed by atoms with van der Waals surface area (Å²) in [6.45, 7) is -0.0367. The summed E-state index contributed by atoms with van der Waals surface area (Å²) in [4.78, 5) is 38.6. The van der Waals surface area contributed by atoms with Crippen molar-refractivity contribution in [1.82, 2.24) is 4.90 Å². The third-order valence-corrected chi connectivity index (χ3v) is 5.17. The van der Waals surface area contributed by atoms with Crippen LogP contribution in [0.1, 0.15) is 16.7 Å². The van der Waals surface area contributed by atoms with E-state index in [1.165, 1.54) is 7.05 Å². The van der Waals surface area contributed by atoms with Gasteiger partial charge in [0.2, 0.25) is 6.10 Å². The lowest BCUT2D eigenvalue weighted by Gasteiger charge is -2.21. The smallest absolute Gasteiger partial charge is 0.410 e. The quantitative estimate of drug-likeness (QED) is 0.305. The average molecular weight is 476 g/mol. The lowest BCUT2D eigenvalue weighted by molar-refractivity contribution is -0.155. The molecule has 0 heterocycles. The van der Waals surface area contributed by atoms with Gasteiger partial charge in [0.15, 0.2) is 0 Å². The number of hydrogen-bond donors (Lipinski definition) is 0. The van der Waals surface area contributed by atoms with Crippen molar-refractivity contribution in [2.75, 3.05) is 20.2 Å². The molecule has 7 heteroatoms. The highest BCUT2D eigenvalue weighted by molar-refractivity contribution is 5.81. The number of rotatable bonds is 11. The van der Waals surface area contributed by atoms with Crippen molar-refractivity contribution in [3.05, 3.63) is 108 Å². The van der Waals surface area contributed by atoms with E-state index in [1.807, 2.05) is 91.0 Å². The lowest BCUT2D eigenvalue weighted by atomic mass is 10.1. The highest BCUT2D eigenvalue weighted by Crippen LogP contribution is 2.11. The van der Waals surface area contributed by atoms with Gasteiger partial charge < -0.3 is 19.1 Å². The Morgan fingerprint density at radius 3 is 1.89 bits per heavy atom. The molecule has 0 saturated heterocycles. The predicted molar refractivity (Wildman–Crippen MR) is 130 cm³/mol. The number of carbonyl (C=O) groups is 3. The molecule has 7 nitrogen and oxygen atoms in total. The van der Waals surface area contributed by atoms with Crippen molar-refractivity contribution in [3.8, 4) is 0 Å². The van der Waals surface area contributed by atoms with Gasteiger partial charge in [-0.3, -0.25) is 4.79 Å². The molecule has 0 aromatic heterocycles. The van der Waals surface area contributed by atoms with Crippen LogP contribution in [0.25, 0.3) is 0 Å². The summed E-state index contributed by atoms with van der Waals surface area (Å²) in [5.74, 6) is -1.23. The lowest BCUT2D eigenvalue weighted by Crippen LogP contribution is -2.39. The summed E-state index contributed by atoms with van der Waals surface area (Å²) in [6, 6.07) is 28.1. The zero-order valence-electron chi connectivity index (χ0n) is 19.7. The molecule has 0 fully saturated rings. The molecule has 1 amide bonds. The summed E-state index contributed by atoms with van der Waals surface area (Å²) in [7, 11) is 1.41. The van der Waals surface area contributed by atoms with Crippen molar-refractivity contribution in [3.63, 3.8) is 0 Å². The van der Waals surface area contributed by atoms with Gasteiger partial charge >= 0.3 is 18.0 Å². The van der Waals surface area contributed by atoms with Crippen LogP contribution >= 0.6 is 0 Å². The molecular weight excluding hydrogens is 446 g/mol. The van der Waals surface area contributed by atoms with E-state index in [1.54, 1.807) is 0 Å². The zero-order valence-corrected chi connectivity index (χ0v) is 19.7. The van der Waals surface area contributed by atoms with Gasteiger partial charge in [-0.1, -0.05) is 91.0 Å². The number of benzene rings is 3. The molecule has 1 atom stereocenters. The topological polar surface area (TPSA) is 82.1 Å². The Morgan fingerprint density at radius 1 is 0.743 bits per heavy atom. The van der Waals surface area contributed by atoms with Gasteiger partial charge in [0, 0.05) is 19.9 Å². The second-order valence-corrected chi connectivity index (χ2v) is 7.97. The Bertz CT molecular complexity index is 1070. The zero-order chi connectivity index (χ0) is 24.9. The van der Waals surface area contributed by atoms with Gasteiger partial charge in [0.1, 0.15) is 13.2 Å². The van der Waals surface area contributed by atoms with E-state index in [9.17, 15) is 14.4 Å². The fourth-order valence-electron chi connectivity index (χ4n) is 3.27. The molecule has 0 aliphatic heterocycles. The molecule has 0 radical (unpaired) electrons. The molecule has 182 valence electrons. The number of amides is 1. The van der Waals surface area contributed by atoms with Crippen LogP contribution in [0.15, 0.2) is 91.0 Å². The van der Waals surface area contributed by atoms with Crippen LogP contribution in [0.3, 0.4) is 0 Å². The molecule has 0 bridgehead atoms. The first-order valence-electron chi connectivity index (χ1n) is 11.4. The molecule has 35 heavy (non-hydrogen) atoms. The number of ether oxygens (including phenoxy) is 3. The highest BCUT2D eigenvalue weighted by Gasteiger charge is 2.27. The number of nitrogens with zero attached hydrogens (tertiary/aromatic N) is 1. The minimum absolute atomic E-state index is 0.0616. The molecule has 3 aromatic rings. The molecule has 0 N–H and O–H groups in total. The average Bonchev–Trinajstić information content (AvgIpc) is 2.88. The number of esters is 2. The van der Waals surface area contributed by atoms with Crippen LogP contribution in [0, 0.1) is 0 Å². The molecule has 0 aliphatic carbocycles. The molecular formula is C28H29NO6. The summed E-state index contributed by atoms with van der Waals surface area (Å²) in [5.41, 5.74) is 2.68. The Morgan fingerprint density at radius 2 is 1.29 bits per heavy atom. The van der Waals surface area contributed by atoms with Gasteiger partial charge in [0.25, 0.3) is 0 Å². The highest BCUT2D eigenvalue weighted by atomic mass is 16.6. The maximum absolute atomic E-state index is 12.8. The van der Waals surface area contributed by atoms with Gasteiger partial charge in [-0.05, 0) is 16.7 Å². The van der Waals surface area contributed by atoms with Crippen molar-refractivity contribution in [2.24, 2.45) is 0 Å². The van der Waals surface area contributed by atoms with E-state index >= 15 is 0 Å². The fourth-order valence-corrected chi connectivity index (χ4v) is 3.27. The SMILES string of the molecule is CN(CC(=O)OCCc1ccccc1)C(=O)O[C@@H](Cc1ccccc1)C(=O)OCc1ccccc1. The minimum atomic E-state index is -1.16. The second kappa shape index (κ2) is 13.5. The molecule has 0 saturated carbocycles. The van der Waals surface area contributed by atoms with E-state index in [2.05, 4.69) is 0 Å². The summed E-state index contributed by atoms with van der Waals surface area (Å²) < 4.78 is 16.1. The Hall–Kier alpha value is -4.13. The van der Waals surface area contributed by atoms with Crippen LogP contribution in [0.2, 0.25) is 0 Å². The van der Waals surface area contributed by atoms with E-state index < -0.39 is 24.1 Å². The Labute approximate surface area is 205 Å². The molecule has 0 unspecified atom stereocenters. The number of carbonyl (C=O) groups excluding carboxylic acids is 3. The molecule has 0 spiro atoms. The summed E-state index contributed by atoms with van der Waals surface area (Å²) >= 11 is 0. The van der Waals surface area contributed by atoms with Crippen molar-refractivity contribution >= 4 is 18.0 Å². The van der Waals surface area contributed by atoms with E-state index in [0.717, 1.165) is 21.6 Å². The predicted octanol–water partition coefficient (Wildman–Crippen LogP) is 4.20. The van der Waals surface area contributed by atoms with Crippen LogP contribution in [0.5, 0.6) is 0 Å². The third kappa shape index (κ3) is 8.97. The van der Waals surface area contributed by atoms with Crippen molar-refractivity contribution < 1.29 is 28.6 Å².